The average molecular weight is 369 g/mol. The van der Waals surface area contributed by atoms with Gasteiger partial charge in [0.25, 0.3) is 0 Å². The van der Waals surface area contributed by atoms with Crippen LogP contribution in [0.1, 0.15) is 18.1 Å². The molecule has 0 atom stereocenters. The first-order chi connectivity index (χ1) is 10.1. The third-order valence-electron chi connectivity index (χ3n) is 3.18. The van der Waals surface area contributed by atoms with Crippen molar-refractivity contribution in [3.63, 3.8) is 0 Å². The molecule has 6 heteroatoms. The molecule has 0 saturated carbocycles. The topological polar surface area (TPSA) is 50.3 Å². The summed E-state index contributed by atoms with van der Waals surface area (Å²) in [7, 11) is -3.48. The van der Waals surface area contributed by atoms with Crippen LogP contribution in [-0.4, -0.2) is 24.3 Å². The van der Waals surface area contributed by atoms with Crippen molar-refractivity contribution in [3.05, 3.63) is 59.9 Å². The molecule has 1 heterocycles. The molecule has 0 aliphatic heterocycles. The summed E-state index contributed by atoms with van der Waals surface area (Å²) in [5, 5.41) is 0.710. The zero-order valence-corrected chi connectivity index (χ0v) is 14.1. The second-order valence-corrected chi connectivity index (χ2v) is 7.06. The van der Waals surface area contributed by atoms with E-state index in [0.29, 0.717) is 23.3 Å². The maximum absolute atomic E-state index is 12.7. The van der Waals surface area contributed by atoms with Crippen molar-refractivity contribution in [2.45, 2.75) is 23.7 Å². The minimum absolute atomic E-state index is 0.322. The van der Waals surface area contributed by atoms with E-state index in [4.69, 9.17) is 0 Å². The van der Waals surface area contributed by atoms with Gasteiger partial charge in [-0.3, -0.25) is 4.98 Å². The molecule has 2 aromatic rings. The standard InChI is InChI=1S/C15H17BrN2O2S/c1-2-18(12-14-7-9-17-10-8-14)21(19,20)15-5-3-13(11-16)4-6-15/h3-10H,2,11-12H2,1H3. The van der Waals surface area contributed by atoms with Gasteiger partial charge < -0.3 is 0 Å². The number of sulfonamides is 1. The van der Waals surface area contributed by atoms with Crippen LogP contribution in [0.2, 0.25) is 0 Å². The van der Waals surface area contributed by atoms with E-state index in [1.54, 1.807) is 24.5 Å². The van der Waals surface area contributed by atoms with Crippen LogP contribution in [0, 0.1) is 0 Å². The normalized spacial score (nSPS) is 11.8. The van der Waals surface area contributed by atoms with Crippen LogP contribution in [0.15, 0.2) is 53.7 Å². The minimum atomic E-state index is -3.48. The van der Waals surface area contributed by atoms with Gasteiger partial charge in [0.05, 0.1) is 4.90 Å². The summed E-state index contributed by atoms with van der Waals surface area (Å²) in [5.74, 6) is 0. The molecular weight excluding hydrogens is 352 g/mol. The molecule has 0 saturated heterocycles. The van der Waals surface area contributed by atoms with E-state index in [-0.39, 0.29) is 0 Å². The monoisotopic (exact) mass is 368 g/mol. The van der Waals surface area contributed by atoms with Crippen LogP contribution in [-0.2, 0) is 21.9 Å². The van der Waals surface area contributed by atoms with Gasteiger partial charge in [-0.15, -0.1) is 0 Å². The fraction of sp³-hybridized carbons (Fsp3) is 0.267. The Labute approximate surface area is 134 Å². The Kier molecular flexibility index (Phi) is 5.50. The number of nitrogens with zero attached hydrogens (tertiary/aromatic N) is 2. The van der Waals surface area contributed by atoms with Gasteiger partial charge in [-0.1, -0.05) is 35.0 Å². The van der Waals surface area contributed by atoms with Gasteiger partial charge in [-0.05, 0) is 35.4 Å². The number of hydrogen-bond donors (Lipinski definition) is 0. The Morgan fingerprint density at radius 1 is 1.05 bits per heavy atom. The zero-order chi connectivity index (χ0) is 15.3. The molecule has 0 bridgehead atoms. The van der Waals surface area contributed by atoms with E-state index in [1.807, 2.05) is 31.2 Å². The fourth-order valence-corrected chi connectivity index (χ4v) is 3.77. The predicted molar refractivity (Wildman–Crippen MR) is 86.6 cm³/mol. The smallest absolute Gasteiger partial charge is 0.243 e. The molecule has 0 aliphatic rings. The molecule has 0 N–H and O–H groups in total. The largest absolute Gasteiger partial charge is 0.265 e. The van der Waals surface area contributed by atoms with Crippen molar-refractivity contribution in [3.8, 4) is 0 Å². The van der Waals surface area contributed by atoms with E-state index >= 15 is 0 Å². The number of rotatable bonds is 6. The lowest BCUT2D eigenvalue weighted by atomic mass is 10.2. The molecule has 21 heavy (non-hydrogen) atoms. The number of benzene rings is 1. The molecule has 0 fully saturated rings. The second kappa shape index (κ2) is 7.15. The quantitative estimate of drug-likeness (QED) is 0.735. The number of hydrogen-bond acceptors (Lipinski definition) is 3. The summed E-state index contributed by atoms with van der Waals surface area (Å²) < 4.78 is 26.8. The van der Waals surface area contributed by atoms with E-state index in [2.05, 4.69) is 20.9 Å². The second-order valence-electron chi connectivity index (χ2n) is 4.56. The molecule has 112 valence electrons. The van der Waals surface area contributed by atoms with Crippen molar-refractivity contribution in [1.82, 2.24) is 9.29 Å². The summed E-state index contributed by atoms with van der Waals surface area (Å²) in [6.07, 6.45) is 3.33. The number of alkyl halides is 1. The highest BCUT2D eigenvalue weighted by Gasteiger charge is 2.23. The first-order valence-corrected chi connectivity index (χ1v) is 9.18. The van der Waals surface area contributed by atoms with Crippen molar-refractivity contribution >= 4 is 26.0 Å². The summed E-state index contributed by atoms with van der Waals surface area (Å²) in [4.78, 5) is 4.27. The molecule has 0 radical (unpaired) electrons. The number of halogens is 1. The Bertz CT molecular complexity index is 673. The molecule has 1 aromatic carbocycles. The Balaban J connectivity index is 2.26. The van der Waals surface area contributed by atoms with Gasteiger partial charge in [-0.25, -0.2) is 8.42 Å². The number of pyridine rings is 1. The van der Waals surface area contributed by atoms with E-state index in [9.17, 15) is 8.42 Å². The van der Waals surface area contributed by atoms with Gasteiger partial charge in [0.1, 0.15) is 0 Å². The van der Waals surface area contributed by atoms with Crippen LogP contribution >= 0.6 is 15.9 Å². The summed E-state index contributed by atoms with van der Waals surface area (Å²) in [5.41, 5.74) is 1.97. The number of aromatic nitrogens is 1. The molecule has 0 amide bonds. The molecule has 1 aromatic heterocycles. The highest BCUT2D eigenvalue weighted by molar-refractivity contribution is 9.08. The molecule has 4 nitrogen and oxygen atoms in total. The van der Waals surface area contributed by atoms with Crippen molar-refractivity contribution in [2.75, 3.05) is 6.54 Å². The maximum atomic E-state index is 12.7. The van der Waals surface area contributed by atoms with Crippen LogP contribution in [0.5, 0.6) is 0 Å². The lowest BCUT2D eigenvalue weighted by Crippen LogP contribution is -2.30. The molecule has 2 rings (SSSR count). The molecular formula is C15H17BrN2O2S. The summed E-state index contributed by atoms with van der Waals surface area (Å²) in [6, 6.07) is 10.6. The maximum Gasteiger partial charge on any atom is 0.243 e. The first kappa shape index (κ1) is 16.1. The lowest BCUT2D eigenvalue weighted by Gasteiger charge is -2.20. The van der Waals surface area contributed by atoms with Crippen LogP contribution in [0.4, 0.5) is 0 Å². The molecule has 0 aliphatic carbocycles. The highest BCUT2D eigenvalue weighted by atomic mass is 79.9. The van der Waals surface area contributed by atoms with Crippen molar-refractivity contribution in [2.24, 2.45) is 0 Å². The van der Waals surface area contributed by atoms with Crippen molar-refractivity contribution in [1.29, 1.82) is 0 Å². The Hall–Kier alpha value is -1.24. The lowest BCUT2D eigenvalue weighted by molar-refractivity contribution is 0.423. The fourth-order valence-electron chi connectivity index (χ4n) is 1.96. The van der Waals surface area contributed by atoms with Gasteiger partial charge in [0, 0.05) is 30.8 Å². The summed E-state index contributed by atoms with van der Waals surface area (Å²) in [6.45, 7) is 2.61. The third kappa shape index (κ3) is 3.90. The summed E-state index contributed by atoms with van der Waals surface area (Å²) >= 11 is 3.35. The van der Waals surface area contributed by atoms with Gasteiger partial charge in [-0.2, -0.15) is 4.31 Å². The van der Waals surface area contributed by atoms with E-state index < -0.39 is 10.0 Å². The molecule has 0 unspecified atom stereocenters. The zero-order valence-electron chi connectivity index (χ0n) is 11.7. The van der Waals surface area contributed by atoms with Gasteiger partial charge in [0.15, 0.2) is 0 Å². The highest BCUT2D eigenvalue weighted by Crippen LogP contribution is 2.19. The molecule has 0 spiro atoms. The van der Waals surface area contributed by atoms with Crippen LogP contribution < -0.4 is 0 Å². The minimum Gasteiger partial charge on any atom is -0.265 e. The van der Waals surface area contributed by atoms with Crippen LogP contribution in [0.25, 0.3) is 0 Å². The first-order valence-electron chi connectivity index (χ1n) is 6.62. The van der Waals surface area contributed by atoms with E-state index in [0.717, 1.165) is 11.1 Å². The van der Waals surface area contributed by atoms with Crippen molar-refractivity contribution < 1.29 is 8.42 Å². The predicted octanol–water partition coefficient (Wildman–Crippen LogP) is 3.19. The average Bonchev–Trinajstić information content (AvgIpc) is 2.53. The van der Waals surface area contributed by atoms with E-state index in [1.165, 1.54) is 4.31 Å². The van der Waals surface area contributed by atoms with Gasteiger partial charge >= 0.3 is 0 Å². The Morgan fingerprint density at radius 2 is 1.67 bits per heavy atom. The third-order valence-corrected chi connectivity index (χ3v) is 5.76. The van der Waals surface area contributed by atoms with Gasteiger partial charge in [0.2, 0.25) is 10.0 Å². The Morgan fingerprint density at radius 3 is 2.19 bits per heavy atom. The van der Waals surface area contributed by atoms with Crippen LogP contribution in [0.3, 0.4) is 0 Å². The SMILES string of the molecule is CCN(Cc1ccncc1)S(=O)(=O)c1ccc(CBr)cc1.